The van der Waals surface area contributed by atoms with Crippen LogP contribution in [0.1, 0.15) is 24.2 Å². The summed E-state index contributed by atoms with van der Waals surface area (Å²) in [5.74, 6) is -0.672. The van der Waals surface area contributed by atoms with Crippen LogP contribution in [0.15, 0.2) is 53.4 Å². The van der Waals surface area contributed by atoms with E-state index in [4.69, 9.17) is 5.73 Å². The number of sulfonamides is 1. The van der Waals surface area contributed by atoms with Crippen LogP contribution in [0.25, 0.3) is 0 Å². The molecule has 0 unspecified atom stereocenters. The van der Waals surface area contributed by atoms with E-state index in [9.17, 15) is 17.6 Å². The molecule has 2 aromatic carbocycles. The van der Waals surface area contributed by atoms with Gasteiger partial charge < -0.3 is 10.6 Å². The molecule has 0 bridgehead atoms. The van der Waals surface area contributed by atoms with Crippen molar-refractivity contribution >= 4 is 21.6 Å². The Kier molecular flexibility index (Phi) is 6.22. The van der Waals surface area contributed by atoms with Gasteiger partial charge in [-0.3, -0.25) is 9.52 Å². The third-order valence-corrected chi connectivity index (χ3v) is 5.47. The number of rotatable bonds is 7. The quantitative estimate of drug-likeness (QED) is 0.756. The standard InChI is InChI=1S/C19H24FN3O3S/c1-19(2,12-21)13-23(3)18(24)14-4-10-17(11-5-14)27(25,26)22-16-8-6-15(20)7-9-16/h4-11,22H,12-13,21H2,1-3H3. The van der Waals surface area contributed by atoms with E-state index in [0.717, 1.165) is 12.1 Å². The Balaban J connectivity index is 2.13. The van der Waals surface area contributed by atoms with Crippen LogP contribution in [0, 0.1) is 11.2 Å². The van der Waals surface area contributed by atoms with Gasteiger partial charge in [-0.15, -0.1) is 0 Å². The molecule has 2 rings (SSSR count). The zero-order valence-electron chi connectivity index (χ0n) is 15.6. The average Bonchev–Trinajstić information content (AvgIpc) is 2.62. The first-order valence-electron chi connectivity index (χ1n) is 8.38. The van der Waals surface area contributed by atoms with E-state index in [2.05, 4.69) is 4.72 Å². The largest absolute Gasteiger partial charge is 0.341 e. The molecule has 0 radical (unpaired) electrons. The maximum atomic E-state index is 12.9. The van der Waals surface area contributed by atoms with Crippen molar-refractivity contribution in [2.24, 2.45) is 11.1 Å². The van der Waals surface area contributed by atoms with E-state index < -0.39 is 15.8 Å². The number of benzene rings is 2. The summed E-state index contributed by atoms with van der Waals surface area (Å²) in [6.07, 6.45) is 0. The molecule has 2 aromatic rings. The molecule has 0 aliphatic heterocycles. The van der Waals surface area contributed by atoms with Gasteiger partial charge in [-0.05, 0) is 60.5 Å². The Bertz CT molecular complexity index is 895. The first kappa shape index (κ1) is 20.9. The predicted octanol–water partition coefficient (Wildman–Crippen LogP) is 2.68. The maximum Gasteiger partial charge on any atom is 0.261 e. The van der Waals surface area contributed by atoms with Crippen LogP contribution in [0.3, 0.4) is 0 Å². The molecule has 0 atom stereocenters. The number of amides is 1. The number of nitrogens with zero attached hydrogens (tertiary/aromatic N) is 1. The molecule has 3 N–H and O–H groups in total. The Labute approximate surface area is 159 Å². The first-order chi connectivity index (χ1) is 12.5. The van der Waals surface area contributed by atoms with E-state index in [1.54, 1.807) is 11.9 Å². The minimum Gasteiger partial charge on any atom is -0.341 e. The van der Waals surface area contributed by atoms with Crippen LogP contribution in [-0.4, -0.2) is 39.4 Å². The van der Waals surface area contributed by atoms with Crippen molar-refractivity contribution in [3.8, 4) is 0 Å². The van der Waals surface area contributed by atoms with Gasteiger partial charge in [-0.1, -0.05) is 13.8 Å². The maximum absolute atomic E-state index is 12.9. The topological polar surface area (TPSA) is 92.5 Å². The van der Waals surface area contributed by atoms with Gasteiger partial charge in [0.05, 0.1) is 4.90 Å². The Morgan fingerprint density at radius 2 is 1.67 bits per heavy atom. The fraction of sp³-hybridized carbons (Fsp3) is 0.316. The van der Waals surface area contributed by atoms with Crippen LogP contribution < -0.4 is 10.5 Å². The second-order valence-corrected chi connectivity index (χ2v) is 8.85. The number of hydrogen-bond acceptors (Lipinski definition) is 4. The van der Waals surface area contributed by atoms with Crippen molar-refractivity contribution in [3.05, 3.63) is 59.9 Å². The van der Waals surface area contributed by atoms with Crippen molar-refractivity contribution in [1.82, 2.24) is 4.90 Å². The van der Waals surface area contributed by atoms with E-state index in [0.29, 0.717) is 18.7 Å². The van der Waals surface area contributed by atoms with Gasteiger partial charge in [0.1, 0.15) is 5.82 Å². The number of carbonyl (C=O) groups excluding carboxylic acids is 1. The highest BCUT2D eigenvalue weighted by Gasteiger charge is 2.22. The average molecular weight is 393 g/mol. The van der Waals surface area contributed by atoms with Crippen molar-refractivity contribution < 1.29 is 17.6 Å². The number of nitrogens with one attached hydrogen (secondary N) is 1. The van der Waals surface area contributed by atoms with Crippen molar-refractivity contribution in [2.75, 3.05) is 24.9 Å². The molecule has 27 heavy (non-hydrogen) atoms. The van der Waals surface area contributed by atoms with Gasteiger partial charge in [-0.25, -0.2) is 12.8 Å². The van der Waals surface area contributed by atoms with E-state index in [1.165, 1.54) is 36.4 Å². The predicted molar refractivity (Wildman–Crippen MR) is 103 cm³/mol. The fourth-order valence-corrected chi connectivity index (χ4v) is 3.57. The molecule has 146 valence electrons. The molecular weight excluding hydrogens is 369 g/mol. The van der Waals surface area contributed by atoms with Crippen LogP contribution in [0.5, 0.6) is 0 Å². The molecule has 0 aromatic heterocycles. The summed E-state index contributed by atoms with van der Waals surface area (Å²) >= 11 is 0. The Morgan fingerprint density at radius 1 is 1.11 bits per heavy atom. The summed E-state index contributed by atoms with van der Waals surface area (Å²) in [7, 11) is -2.15. The summed E-state index contributed by atoms with van der Waals surface area (Å²) in [6, 6.07) is 10.7. The second-order valence-electron chi connectivity index (χ2n) is 7.17. The molecule has 0 aliphatic rings. The molecule has 0 spiro atoms. The number of nitrogens with two attached hydrogens (primary N) is 1. The van der Waals surface area contributed by atoms with Crippen LogP contribution in [0.4, 0.5) is 10.1 Å². The lowest BCUT2D eigenvalue weighted by Crippen LogP contribution is -2.39. The summed E-state index contributed by atoms with van der Waals surface area (Å²) in [5.41, 5.74) is 6.12. The van der Waals surface area contributed by atoms with E-state index >= 15 is 0 Å². The third-order valence-electron chi connectivity index (χ3n) is 4.07. The molecule has 0 heterocycles. The molecule has 1 amide bonds. The Morgan fingerprint density at radius 3 is 2.19 bits per heavy atom. The van der Waals surface area contributed by atoms with Crippen molar-refractivity contribution in [3.63, 3.8) is 0 Å². The van der Waals surface area contributed by atoms with Crippen LogP contribution in [-0.2, 0) is 10.0 Å². The zero-order valence-corrected chi connectivity index (χ0v) is 16.4. The summed E-state index contributed by atoms with van der Waals surface area (Å²) in [6.45, 7) is 4.85. The van der Waals surface area contributed by atoms with Gasteiger partial charge in [0, 0.05) is 24.8 Å². The summed E-state index contributed by atoms with van der Waals surface area (Å²) < 4.78 is 40.1. The van der Waals surface area contributed by atoms with Gasteiger partial charge in [-0.2, -0.15) is 0 Å². The summed E-state index contributed by atoms with van der Waals surface area (Å²) in [4.78, 5) is 14.1. The van der Waals surface area contributed by atoms with E-state index in [-0.39, 0.29) is 21.9 Å². The highest BCUT2D eigenvalue weighted by molar-refractivity contribution is 7.92. The highest BCUT2D eigenvalue weighted by Crippen LogP contribution is 2.19. The van der Waals surface area contributed by atoms with Crippen molar-refractivity contribution in [1.29, 1.82) is 0 Å². The van der Waals surface area contributed by atoms with Crippen LogP contribution >= 0.6 is 0 Å². The van der Waals surface area contributed by atoms with Gasteiger partial charge >= 0.3 is 0 Å². The summed E-state index contributed by atoms with van der Waals surface area (Å²) in [5, 5.41) is 0. The smallest absolute Gasteiger partial charge is 0.261 e. The van der Waals surface area contributed by atoms with Gasteiger partial charge in [0.2, 0.25) is 0 Å². The number of halogens is 1. The lowest BCUT2D eigenvalue weighted by molar-refractivity contribution is 0.0740. The molecular formula is C19H24FN3O3S. The first-order valence-corrected chi connectivity index (χ1v) is 9.86. The fourth-order valence-electron chi connectivity index (χ4n) is 2.51. The Hall–Kier alpha value is -2.45. The SMILES string of the molecule is CN(CC(C)(C)CN)C(=O)c1ccc(S(=O)(=O)Nc2ccc(F)cc2)cc1. The third kappa shape index (κ3) is 5.51. The molecule has 0 saturated heterocycles. The molecule has 8 heteroatoms. The van der Waals surface area contributed by atoms with Crippen LogP contribution in [0.2, 0.25) is 0 Å². The molecule has 0 saturated carbocycles. The lowest BCUT2D eigenvalue weighted by atomic mass is 9.93. The van der Waals surface area contributed by atoms with Crippen molar-refractivity contribution in [2.45, 2.75) is 18.7 Å². The van der Waals surface area contributed by atoms with Gasteiger partial charge in [0.15, 0.2) is 0 Å². The second kappa shape index (κ2) is 8.06. The number of carbonyl (C=O) groups is 1. The number of anilines is 1. The minimum absolute atomic E-state index is 0.00770. The minimum atomic E-state index is -3.84. The molecule has 0 fully saturated rings. The zero-order chi connectivity index (χ0) is 20.2. The molecule has 0 aliphatic carbocycles. The monoisotopic (exact) mass is 393 g/mol. The lowest BCUT2D eigenvalue weighted by Gasteiger charge is -2.29. The molecule has 6 nitrogen and oxygen atoms in total. The van der Waals surface area contributed by atoms with Gasteiger partial charge in [0.25, 0.3) is 15.9 Å². The van der Waals surface area contributed by atoms with E-state index in [1.807, 2.05) is 13.8 Å². The highest BCUT2D eigenvalue weighted by atomic mass is 32.2. The normalized spacial score (nSPS) is 11.9. The number of hydrogen-bond donors (Lipinski definition) is 2.